The van der Waals surface area contributed by atoms with E-state index in [1.165, 1.54) is 0 Å². The zero-order valence-electron chi connectivity index (χ0n) is 9.14. The maximum absolute atomic E-state index is 11.9. The van der Waals surface area contributed by atoms with Gasteiger partial charge in [0.1, 0.15) is 5.41 Å². The van der Waals surface area contributed by atoms with Crippen LogP contribution in [0.25, 0.3) is 0 Å². The van der Waals surface area contributed by atoms with Crippen LogP contribution in [-0.4, -0.2) is 12.6 Å². The van der Waals surface area contributed by atoms with Crippen LogP contribution in [0.3, 0.4) is 0 Å². The number of benzene rings is 1. The Hall–Kier alpha value is -1.82. The Balaban J connectivity index is 2.33. The first-order chi connectivity index (χ1) is 7.75. The summed E-state index contributed by atoms with van der Waals surface area (Å²) in [7, 11) is 0. The Morgan fingerprint density at radius 2 is 2.25 bits per heavy atom. The summed E-state index contributed by atoms with van der Waals surface area (Å²) in [6.07, 6.45) is 0.576. The van der Waals surface area contributed by atoms with Gasteiger partial charge >= 0.3 is 5.97 Å². The average molecular weight is 215 g/mol. The molecular formula is C13H13NO2. The number of nitriles is 1. The fourth-order valence-electron chi connectivity index (χ4n) is 2.08. The van der Waals surface area contributed by atoms with Gasteiger partial charge in [-0.1, -0.05) is 30.3 Å². The third kappa shape index (κ3) is 1.47. The average Bonchev–Trinajstić information content (AvgIpc) is 3.06. The SMILES string of the molecule is CCOC(=O)C1(c2ccccc2)CC1C#N. The van der Waals surface area contributed by atoms with E-state index in [4.69, 9.17) is 10.00 Å². The summed E-state index contributed by atoms with van der Waals surface area (Å²) in [6.45, 7) is 2.13. The van der Waals surface area contributed by atoms with Gasteiger partial charge < -0.3 is 4.74 Å². The molecule has 1 aromatic carbocycles. The Kier molecular flexibility index (Phi) is 2.66. The van der Waals surface area contributed by atoms with Crippen LogP contribution in [0.1, 0.15) is 18.9 Å². The fraction of sp³-hybridized carbons (Fsp3) is 0.385. The second-order valence-corrected chi connectivity index (χ2v) is 3.94. The molecule has 1 fully saturated rings. The van der Waals surface area contributed by atoms with E-state index in [-0.39, 0.29) is 11.9 Å². The highest BCUT2D eigenvalue weighted by Crippen LogP contribution is 2.54. The predicted molar refractivity (Wildman–Crippen MR) is 58.5 cm³/mol. The van der Waals surface area contributed by atoms with Crippen molar-refractivity contribution >= 4 is 5.97 Å². The standard InChI is InChI=1S/C13H13NO2/c1-2-16-12(15)13(8-11(13)9-14)10-6-4-3-5-7-10/h3-7,11H,2,8H2,1H3. The molecule has 0 aliphatic heterocycles. The van der Waals surface area contributed by atoms with Crippen molar-refractivity contribution in [3.05, 3.63) is 35.9 Å². The summed E-state index contributed by atoms with van der Waals surface area (Å²) >= 11 is 0. The van der Waals surface area contributed by atoms with E-state index in [1.807, 2.05) is 30.3 Å². The van der Waals surface area contributed by atoms with Gasteiger partial charge in [0, 0.05) is 0 Å². The maximum atomic E-state index is 11.9. The molecule has 82 valence electrons. The molecule has 0 aromatic heterocycles. The molecule has 1 aromatic rings. The lowest BCUT2D eigenvalue weighted by Gasteiger charge is -2.14. The molecule has 3 nitrogen and oxygen atoms in total. The molecule has 2 atom stereocenters. The number of carbonyl (C=O) groups is 1. The summed E-state index contributed by atoms with van der Waals surface area (Å²) in [6, 6.07) is 11.6. The van der Waals surface area contributed by atoms with Crippen molar-refractivity contribution < 1.29 is 9.53 Å². The third-order valence-electron chi connectivity index (χ3n) is 3.05. The number of ether oxygens (including phenoxy) is 1. The molecule has 0 radical (unpaired) electrons. The molecule has 0 saturated heterocycles. The molecule has 0 heterocycles. The molecule has 0 bridgehead atoms. The quantitative estimate of drug-likeness (QED) is 0.725. The first kappa shape index (κ1) is 10.7. The number of nitrogens with zero attached hydrogens (tertiary/aromatic N) is 1. The molecule has 0 amide bonds. The van der Waals surface area contributed by atoms with Crippen molar-refractivity contribution in [2.24, 2.45) is 5.92 Å². The van der Waals surface area contributed by atoms with Crippen LogP contribution in [0.4, 0.5) is 0 Å². The van der Waals surface area contributed by atoms with E-state index >= 15 is 0 Å². The highest BCUT2D eigenvalue weighted by molar-refractivity contribution is 5.88. The number of rotatable bonds is 3. The van der Waals surface area contributed by atoms with Gasteiger partial charge in [-0.25, -0.2) is 0 Å². The van der Waals surface area contributed by atoms with Crippen molar-refractivity contribution in [3.8, 4) is 6.07 Å². The number of esters is 1. The van der Waals surface area contributed by atoms with Gasteiger partial charge in [0.2, 0.25) is 0 Å². The Bertz CT molecular complexity index is 435. The van der Waals surface area contributed by atoms with Crippen molar-refractivity contribution in [2.75, 3.05) is 6.61 Å². The summed E-state index contributed by atoms with van der Waals surface area (Å²) in [4.78, 5) is 11.9. The number of carbonyl (C=O) groups excluding carboxylic acids is 1. The lowest BCUT2D eigenvalue weighted by Crippen LogP contribution is -2.25. The van der Waals surface area contributed by atoms with Crippen LogP contribution in [0, 0.1) is 17.2 Å². The van der Waals surface area contributed by atoms with Gasteiger partial charge in [-0.05, 0) is 18.9 Å². The molecular weight excluding hydrogens is 202 g/mol. The highest BCUT2D eigenvalue weighted by atomic mass is 16.5. The van der Waals surface area contributed by atoms with Crippen LogP contribution in [0.15, 0.2) is 30.3 Å². The lowest BCUT2D eigenvalue weighted by molar-refractivity contribution is -0.146. The first-order valence-corrected chi connectivity index (χ1v) is 5.38. The molecule has 2 unspecified atom stereocenters. The summed E-state index contributed by atoms with van der Waals surface area (Å²) in [5, 5.41) is 8.96. The first-order valence-electron chi connectivity index (χ1n) is 5.38. The molecule has 0 N–H and O–H groups in total. The van der Waals surface area contributed by atoms with E-state index in [1.54, 1.807) is 6.92 Å². The topological polar surface area (TPSA) is 50.1 Å². The van der Waals surface area contributed by atoms with Crippen LogP contribution in [0.5, 0.6) is 0 Å². The smallest absolute Gasteiger partial charge is 0.317 e. The minimum atomic E-state index is -0.702. The zero-order valence-corrected chi connectivity index (χ0v) is 9.14. The Morgan fingerprint density at radius 1 is 1.56 bits per heavy atom. The lowest BCUT2D eigenvalue weighted by atomic mass is 9.93. The van der Waals surface area contributed by atoms with Gasteiger partial charge in [-0.3, -0.25) is 4.79 Å². The Morgan fingerprint density at radius 3 is 2.75 bits per heavy atom. The van der Waals surface area contributed by atoms with Crippen LogP contribution >= 0.6 is 0 Å². The van der Waals surface area contributed by atoms with Gasteiger partial charge in [0.05, 0.1) is 18.6 Å². The molecule has 16 heavy (non-hydrogen) atoms. The van der Waals surface area contributed by atoms with Crippen molar-refractivity contribution in [1.82, 2.24) is 0 Å². The molecule has 1 aliphatic rings. The summed E-state index contributed by atoms with van der Waals surface area (Å²) in [5.74, 6) is -0.512. The molecule has 0 spiro atoms. The van der Waals surface area contributed by atoms with Gasteiger partial charge in [0.25, 0.3) is 0 Å². The number of hydrogen-bond acceptors (Lipinski definition) is 3. The maximum Gasteiger partial charge on any atom is 0.317 e. The minimum absolute atomic E-state index is 0.242. The largest absolute Gasteiger partial charge is 0.465 e. The van der Waals surface area contributed by atoms with Crippen LogP contribution in [-0.2, 0) is 14.9 Å². The molecule has 3 heteroatoms. The number of hydrogen-bond donors (Lipinski definition) is 0. The second-order valence-electron chi connectivity index (χ2n) is 3.94. The second kappa shape index (κ2) is 3.97. The van der Waals surface area contributed by atoms with E-state index in [9.17, 15) is 4.79 Å². The van der Waals surface area contributed by atoms with Crippen LogP contribution < -0.4 is 0 Å². The van der Waals surface area contributed by atoms with E-state index in [0.29, 0.717) is 13.0 Å². The molecule has 1 aliphatic carbocycles. The van der Waals surface area contributed by atoms with E-state index in [0.717, 1.165) is 5.56 Å². The van der Waals surface area contributed by atoms with Gasteiger partial charge in [-0.2, -0.15) is 5.26 Å². The van der Waals surface area contributed by atoms with Gasteiger partial charge in [-0.15, -0.1) is 0 Å². The predicted octanol–water partition coefficient (Wildman–Crippen LogP) is 2.03. The fourth-order valence-corrected chi connectivity index (χ4v) is 2.08. The zero-order chi connectivity index (χ0) is 11.6. The van der Waals surface area contributed by atoms with E-state index < -0.39 is 5.41 Å². The van der Waals surface area contributed by atoms with Crippen LogP contribution in [0.2, 0.25) is 0 Å². The summed E-state index contributed by atoms with van der Waals surface area (Å²) in [5.41, 5.74) is 0.187. The van der Waals surface area contributed by atoms with Crippen molar-refractivity contribution in [3.63, 3.8) is 0 Å². The normalized spacial score (nSPS) is 26.9. The highest BCUT2D eigenvalue weighted by Gasteiger charge is 2.63. The Labute approximate surface area is 94.6 Å². The van der Waals surface area contributed by atoms with Crippen molar-refractivity contribution in [2.45, 2.75) is 18.8 Å². The van der Waals surface area contributed by atoms with Gasteiger partial charge in [0.15, 0.2) is 0 Å². The monoisotopic (exact) mass is 215 g/mol. The summed E-state index contributed by atoms with van der Waals surface area (Å²) < 4.78 is 5.07. The molecule has 2 rings (SSSR count). The minimum Gasteiger partial charge on any atom is -0.465 e. The molecule has 1 saturated carbocycles. The van der Waals surface area contributed by atoms with Crippen molar-refractivity contribution in [1.29, 1.82) is 5.26 Å². The third-order valence-corrected chi connectivity index (χ3v) is 3.05. The van der Waals surface area contributed by atoms with E-state index in [2.05, 4.69) is 6.07 Å².